The van der Waals surface area contributed by atoms with Crippen LogP contribution >= 0.6 is 27.3 Å². The zero-order valence-corrected chi connectivity index (χ0v) is 15.0. The van der Waals surface area contributed by atoms with Crippen molar-refractivity contribution in [3.8, 4) is 0 Å². The van der Waals surface area contributed by atoms with Crippen molar-refractivity contribution in [1.29, 1.82) is 0 Å². The summed E-state index contributed by atoms with van der Waals surface area (Å²) in [6.45, 7) is 6.14. The third-order valence-electron chi connectivity index (χ3n) is 4.25. The quantitative estimate of drug-likeness (QED) is 0.756. The minimum atomic E-state index is 0.0411. The summed E-state index contributed by atoms with van der Waals surface area (Å²) in [6.07, 6.45) is 7.44. The maximum Gasteiger partial charge on any atom is 0.0838 e. The molecule has 1 aliphatic rings. The van der Waals surface area contributed by atoms with E-state index >= 15 is 0 Å². The van der Waals surface area contributed by atoms with Crippen molar-refractivity contribution < 1.29 is 4.74 Å². The Morgan fingerprint density at radius 1 is 1.30 bits per heavy atom. The van der Waals surface area contributed by atoms with Gasteiger partial charge in [-0.05, 0) is 60.8 Å². The summed E-state index contributed by atoms with van der Waals surface area (Å²) in [5, 5.41) is 3.70. The molecule has 1 heterocycles. The number of hydrogen-bond donors (Lipinski definition) is 1. The van der Waals surface area contributed by atoms with E-state index in [1.165, 1.54) is 40.8 Å². The second-order valence-corrected chi connectivity index (χ2v) is 8.13. The molecule has 1 fully saturated rings. The van der Waals surface area contributed by atoms with Crippen LogP contribution in [0.1, 0.15) is 50.8 Å². The predicted molar refractivity (Wildman–Crippen MR) is 90.6 cm³/mol. The van der Waals surface area contributed by atoms with Gasteiger partial charge in [0.1, 0.15) is 0 Å². The van der Waals surface area contributed by atoms with Gasteiger partial charge in [-0.15, -0.1) is 11.3 Å². The molecule has 2 nitrogen and oxygen atoms in total. The highest BCUT2D eigenvalue weighted by atomic mass is 79.9. The molecule has 0 radical (unpaired) electrons. The average molecular weight is 360 g/mol. The maximum atomic E-state index is 6.29. The standard InChI is InChI=1S/C16H26BrNOS/c1-3-18-14(12-13-8-9-15(17)20-13)16(19-4-2)10-6-5-7-11-16/h8-9,14,18H,3-7,10-12H2,1-2H3. The van der Waals surface area contributed by atoms with Gasteiger partial charge in [-0.3, -0.25) is 0 Å². The summed E-state index contributed by atoms with van der Waals surface area (Å²) in [7, 11) is 0. The highest BCUT2D eigenvalue weighted by molar-refractivity contribution is 9.11. The molecule has 4 heteroatoms. The number of thiophene rings is 1. The fourth-order valence-corrected chi connectivity index (χ4v) is 4.91. The van der Waals surface area contributed by atoms with E-state index in [2.05, 4.69) is 47.2 Å². The van der Waals surface area contributed by atoms with Crippen LogP contribution in [0.25, 0.3) is 0 Å². The van der Waals surface area contributed by atoms with Crippen LogP contribution < -0.4 is 5.32 Å². The summed E-state index contributed by atoms with van der Waals surface area (Å²) in [5.74, 6) is 0. The first kappa shape index (κ1) is 16.5. The molecule has 20 heavy (non-hydrogen) atoms. The summed E-state index contributed by atoms with van der Waals surface area (Å²) < 4.78 is 7.51. The summed E-state index contributed by atoms with van der Waals surface area (Å²) in [5.41, 5.74) is 0.0411. The van der Waals surface area contributed by atoms with Gasteiger partial charge in [0.15, 0.2) is 0 Å². The second-order valence-electron chi connectivity index (χ2n) is 5.58. The van der Waals surface area contributed by atoms with Crippen LogP contribution in [0.15, 0.2) is 15.9 Å². The molecule has 0 saturated heterocycles. The van der Waals surface area contributed by atoms with Gasteiger partial charge >= 0.3 is 0 Å². The third-order valence-corrected chi connectivity index (χ3v) is 5.90. The van der Waals surface area contributed by atoms with Crippen LogP contribution in [0, 0.1) is 0 Å². The summed E-state index contributed by atoms with van der Waals surface area (Å²) in [6, 6.07) is 4.82. The molecule has 1 saturated carbocycles. The molecule has 0 amide bonds. The number of halogens is 1. The van der Waals surface area contributed by atoms with E-state index < -0.39 is 0 Å². The lowest BCUT2D eigenvalue weighted by molar-refractivity contribution is -0.0893. The lowest BCUT2D eigenvalue weighted by Gasteiger charge is -2.43. The minimum absolute atomic E-state index is 0.0411. The van der Waals surface area contributed by atoms with Crippen LogP contribution in [-0.2, 0) is 11.2 Å². The van der Waals surface area contributed by atoms with Crippen molar-refractivity contribution in [2.75, 3.05) is 13.2 Å². The first-order chi connectivity index (χ1) is 9.70. The van der Waals surface area contributed by atoms with Gasteiger partial charge < -0.3 is 10.1 Å². The van der Waals surface area contributed by atoms with Gasteiger partial charge in [0.25, 0.3) is 0 Å². The molecule has 1 aromatic heterocycles. The predicted octanol–water partition coefficient (Wildman–Crippen LogP) is 4.77. The topological polar surface area (TPSA) is 21.3 Å². The smallest absolute Gasteiger partial charge is 0.0838 e. The van der Waals surface area contributed by atoms with Crippen LogP contribution in [0.3, 0.4) is 0 Å². The molecular formula is C16H26BrNOS. The van der Waals surface area contributed by atoms with Gasteiger partial charge in [0, 0.05) is 17.5 Å². The lowest BCUT2D eigenvalue weighted by Crippen LogP contribution is -2.54. The molecule has 1 aliphatic carbocycles. The Bertz CT molecular complexity index is 395. The molecular weight excluding hydrogens is 334 g/mol. The Morgan fingerprint density at radius 3 is 2.60 bits per heavy atom. The zero-order chi connectivity index (χ0) is 14.4. The van der Waals surface area contributed by atoms with E-state index in [4.69, 9.17) is 4.74 Å². The van der Waals surface area contributed by atoms with Crippen molar-refractivity contribution in [2.45, 2.75) is 64.0 Å². The van der Waals surface area contributed by atoms with Crippen LogP contribution in [0.4, 0.5) is 0 Å². The molecule has 1 atom stereocenters. The van der Waals surface area contributed by atoms with E-state index in [-0.39, 0.29) is 5.60 Å². The van der Waals surface area contributed by atoms with Gasteiger partial charge in [-0.2, -0.15) is 0 Å². The number of rotatable bonds is 7. The lowest BCUT2D eigenvalue weighted by atomic mass is 9.77. The third kappa shape index (κ3) is 4.06. The SMILES string of the molecule is CCNC(Cc1ccc(Br)s1)C1(OCC)CCCCC1. The van der Waals surface area contributed by atoms with Crippen molar-refractivity contribution >= 4 is 27.3 Å². The molecule has 1 N–H and O–H groups in total. The van der Waals surface area contributed by atoms with E-state index in [0.29, 0.717) is 6.04 Å². The second kappa shape index (κ2) is 7.92. The fourth-order valence-electron chi connectivity index (χ4n) is 3.38. The van der Waals surface area contributed by atoms with Crippen molar-refractivity contribution in [3.05, 3.63) is 20.8 Å². The first-order valence-electron chi connectivity index (χ1n) is 7.81. The van der Waals surface area contributed by atoms with Crippen molar-refractivity contribution in [2.24, 2.45) is 0 Å². The number of hydrogen-bond acceptors (Lipinski definition) is 3. The van der Waals surface area contributed by atoms with Crippen molar-refractivity contribution in [1.82, 2.24) is 5.32 Å². The Hall–Kier alpha value is 0.1000. The molecule has 0 spiro atoms. The van der Waals surface area contributed by atoms with Crippen LogP contribution in [0.5, 0.6) is 0 Å². The Labute approximate surface area is 135 Å². The van der Waals surface area contributed by atoms with Gasteiger partial charge in [0.05, 0.1) is 9.39 Å². The van der Waals surface area contributed by atoms with Gasteiger partial charge in [0.2, 0.25) is 0 Å². The Morgan fingerprint density at radius 2 is 2.05 bits per heavy atom. The number of ether oxygens (including phenoxy) is 1. The van der Waals surface area contributed by atoms with Gasteiger partial charge in [-0.1, -0.05) is 26.2 Å². The van der Waals surface area contributed by atoms with E-state index in [9.17, 15) is 0 Å². The zero-order valence-electron chi connectivity index (χ0n) is 12.6. The van der Waals surface area contributed by atoms with E-state index in [1.807, 2.05) is 11.3 Å². The monoisotopic (exact) mass is 359 g/mol. The first-order valence-corrected chi connectivity index (χ1v) is 9.42. The van der Waals surface area contributed by atoms with E-state index in [0.717, 1.165) is 19.6 Å². The van der Waals surface area contributed by atoms with Gasteiger partial charge in [-0.25, -0.2) is 0 Å². The minimum Gasteiger partial charge on any atom is -0.374 e. The highest BCUT2D eigenvalue weighted by Crippen LogP contribution is 2.37. The number of likely N-dealkylation sites (N-methyl/N-ethyl adjacent to an activating group) is 1. The molecule has 1 aromatic rings. The highest BCUT2D eigenvalue weighted by Gasteiger charge is 2.40. The van der Waals surface area contributed by atoms with Crippen molar-refractivity contribution in [3.63, 3.8) is 0 Å². The fraction of sp³-hybridized carbons (Fsp3) is 0.750. The van der Waals surface area contributed by atoms with Crippen LogP contribution in [-0.4, -0.2) is 24.8 Å². The Balaban J connectivity index is 2.14. The summed E-state index contributed by atoms with van der Waals surface area (Å²) >= 11 is 5.41. The summed E-state index contributed by atoms with van der Waals surface area (Å²) in [4.78, 5) is 1.44. The molecule has 0 aliphatic heterocycles. The molecule has 114 valence electrons. The van der Waals surface area contributed by atoms with Crippen LogP contribution in [0.2, 0.25) is 0 Å². The maximum absolute atomic E-state index is 6.29. The molecule has 0 aromatic carbocycles. The normalized spacial score (nSPS) is 19.9. The number of nitrogens with one attached hydrogen (secondary N) is 1. The van der Waals surface area contributed by atoms with E-state index in [1.54, 1.807) is 0 Å². The Kier molecular flexibility index (Phi) is 6.53. The largest absolute Gasteiger partial charge is 0.374 e. The molecule has 2 rings (SSSR count). The average Bonchev–Trinajstić information content (AvgIpc) is 2.85. The molecule has 1 unspecified atom stereocenters. The molecule has 0 bridgehead atoms.